The second kappa shape index (κ2) is 7.04. The minimum Gasteiger partial charge on any atom is -0.305 e. The molecule has 2 aromatic rings. The highest BCUT2D eigenvalue weighted by Gasteiger charge is 2.39. The van der Waals surface area contributed by atoms with E-state index in [0.717, 1.165) is 5.56 Å². The number of nitrogens with zero attached hydrogens (tertiary/aromatic N) is 1. The minimum atomic E-state index is -4.27. The van der Waals surface area contributed by atoms with Crippen LogP contribution in [-0.4, -0.2) is 23.7 Å². The van der Waals surface area contributed by atoms with Crippen molar-refractivity contribution in [3.8, 4) is 0 Å². The van der Waals surface area contributed by atoms with Crippen LogP contribution in [0.4, 0.5) is 13.2 Å². The van der Waals surface area contributed by atoms with Crippen LogP contribution < -0.4 is 5.32 Å². The van der Waals surface area contributed by atoms with Crippen molar-refractivity contribution in [2.75, 3.05) is 6.54 Å². The Labute approximate surface area is 126 Å². The van der Waals surface area contributed by atoms with Crippen LogP contribution in [0.1, 0.15) is 24.0 Å². The van der Waals surface area contributed by atoms with E-state index >= 15 is 0 Å². The molecule has 6 heteroatoms. The van der Waals surface area contributed by atoms with Crippen molar-refractivity contribution in [1.29, 1.82) is 0 Å². The molecule has 2 nitrogen and oxygen atoms in total. The third kappa shape index (κ3) is 4.82. The molecular formula is C15H17F3N2S. The summed E-state index contributed by atoms with van der Waals surface area (Å²) in [5.74, 6) is 0.0542. The smallest absolute Gasteiger partial charge is 0.305 e. The molecule has 114 valence electrons. The largest absolute Gasteiger partial charge is 0.404 e. The van der Waals surface area contributed by atoms with Gasteiger partial charge in [-0.1, -0.05) is 6.92 Å². The Morgan fingerprint density at radius 2 is 1.95 bits per heavy atom. The van der Waals surface area contributed by atoms with Crippen LogP contribution in [0.25, 0.3) is 0 Å². The van der Waals surface area contributed by atoms with Gasteiger partial charge in [0.1, 0.15) is 6.04 Å². The van der Waals surface area contributed by atoms with Gasteiger partial charge in [-0.25, -0.2) is 0 Å². The first kappa shape index (κ1) is 16.0. The van der Waals surface area contributed by atoms with Crippen LogP contribution in [0.3, 0.4) is 0 Å². The number of hydrogen-bond acceptors (Lipinski definition) is 3. The van der Waals surface area contributed by atoms with Crippen molar-refractivity contribution < 1.29 is 13.2 Å². The Balaban J connectivity index is 1.97. The molecule has 0 aliphatic heterocycles. The molecule has 0 fully saturated rings. The SMILES string of the molecule is C[C@H](CN[C@H](Cc1ccncc1)C(F)(F)F)c1ccsc1. The van der Waals surface area contributed by atoms with Crippen molar-refractivity contribution in [2.24, 2.45) is 0 Å². The van der Waals surface area contributed by atoms with Crippen LogP contribution in [0.2, 0.25) is 0 Å². The maximum absolute atomic E-state index is 13.1. The lowest BCUT2D eigenvalue weighted by atomic mass is 10.0. The number of nitrogens with one attached hydrogen (secondary N) is 1. The normalized spacial score (nSPS) is 14.9. The third-order valence-electron chi connectivity index (χ3n) is 3.37. The van der Waals surface area contributed by atoms with E-state index < -0.39 is 12.2 Å². The van der Waals surface area contributed by atoms with E-state index in [2.05, 4.69) is 10.3 Å². The molecule has 0 aliphatic rings. The highest BCUT2D eigenvalue weighted by Crippen LogP contribution is 2.24. The van der Waals surface area contributed by atoms with Crippen LogP contribution in [0.5, 0.6) is 0 Å². The zero-order valence-corrected chi connectivity index (χ0v) is 12.4. The standard InChI is InChI=1S/C15H17F3N2S/c1-11(13-4-7-21-10-13)9-20-14(15(16,17)18)8-12-2-5-19-6-3-12/h2-7,10-11,14,20H,8-9H2,1H3/t11-,14-/m1/s1. The van der Waals surface area contributed by atoms with E-state index in [1.807, 2.05) is 23.8 Å². The van der Waals surface area contributed by atoms with Gasteiger partial charge in [0.05, 0.1) is 0 Å². The first-order chi connectivity index (χ1) is 9.97. The zero-order chi connectivity index (χ0) is 15.3. The molecule has 0 radical (unpaired) electrons. The highest BCUT2D eigenvalue weighted by molar-refractivity contribution is 7.07. The van der Waals surface area contributed by atoms with Gasteiger partial charge in [0, 0.05) is 18.9 Å². The van der Waals surface area contributed by atoms with Gasteiger partial charge in [0.2, 0.25) is 0 Å². The molecule has 2 aromatic heterocycles. The molecule has 0 bridgehead atoms. The fraction of sp³-hybridized carbons (Fsp3) is 0.400. The van der Waals surface area contributed by atoms with Crippen molar-refractivity contribution in [1.82, 2.24) is 10.3 Å². The monoisotopic (exact) mass is 314 g/mol. The summed E-state index contributed by atoms with van der Waals surface area (Å²) in [6, 6.07) is 3.63. The van der Waals surface area contributed by atoms with Crippen LogP contribution in [-0.2, 0) is 6.42 Å². The molecule has 1 N–H and O–H groups in total. The number of thiophene rings is 1. The predicted molar refractivity (Wildman–Crippen MR) is 78.5 cm³/mol. The third-order valence-corrected chi connectivity index (χ3v) is 4.07. The summed E-state index contributed by atoms with van der Waals surface area (Å²) < 4.78 is 39.4. The molecule has 2 atom stereocenters. The molecule has 0 aromatic carbocycles. The fourth-order valence-electron chi connectivity index (χ4n) is 2.05. The van der Waals surface area contributed by atoms with E-state index in [1.54, 1.807) is 23.5 Å². The highest BCUT2D eigenvalue weighted by atomic mass is 32.1. The molecule has 0 spiro atoms. The lowest BCUT2D eigenvalue weighted by molar-refractivity contribution is -0.155. The summed E-state index contributed by atoms with van der Waals surface area (Å²) in [5, 5.41) is 6.56. The number of aromatic nitrogens is 1. The summed E-state index contributed by atoms with van der Waals surface area (Å²) in [7, 11) is 0. The second-order valence-electron chi connectivity index (χ2n) is 5.02. The molecule has 0 saturated heterocycles. The van der Waals surface area contributed by atoms with Gasteiger partial charge in [0.25, 0.3) is 0 Å². The Morgan fingerprint density at radius 1 is 1.24 bits per heavy atom. The summed E-state index contributed by atoms with van der Waals surface area (Å²) in [4.78, 5) is 3.82. The van der Waals surface area contributed by atoms with Gasteiger partial charge in [0.15, 0.2) is 0 Å². The first-order valence-electron chi connectivity index (χ1n) is 6.68. The molecule has 0 amide bonds. The molecule has 21 heavy (non-hydrogen) atoms. The van der Waals surface area contributed by atoms with Crippen LogP contribution >= 0.6 is 11.3 Å². The predicted octanol–water partition coefficient (Wildman–Crippen LogP) is 4.01. The van der Waals surface area contributed by atoms with E-state index in [-0.39, 0.29) is 12.3 Å². The van der Waals surface area contributed by atoms with Gasteiger partial charge in [-0.2, -0.15) is 24.5 Å². The van der Waals surface area contributed by atoms with Gasteiger partial charge < -0.3 is 5.32 Å². The number of alkyl halides is 3. The average Bonchev–Trinajstić information content (AvgIpc) is 2.97. The summed E-state index contributed by atoms with van der Waals surface area (Å²) in [6.07, 6.45) is -1.33. The fourth-order valence-corrected chi connectivity index (χ4v) is 2.83. The number of halogens is 3. The Hall–Kier alpha value is -1.40. The minimum absolute atomic E-state index is 0.0542. The van der Waals surface area contributed by atoms with Gasteiger partial charge in [-0.05, 0) is 52.4 Å². The molecular weight excluding hydrogens is 297 g/mol. The first-order valence-corrected chi connectivity index (χ1v) is 7.62. The number of pyridine rings is 1. The molecule has 2 rings (SSSR count). The average molecular weight is 314 g/mol. The maximum Gasteiger partial charge on any atom is 0.404 e. The zero-order valence-electron chi connectivity index (χ0n) is 11.6. The molecule has 0 unspecified atom stereocenters. The topological polar surface area (TPSA) is 24.9 Å². The lowest BCUT2D eigenvalue weighted by Crippen LogP contribution is -2.45. The molecule has 0 aliphatic carbocycles. The van der Waals surface area contributed by atoms with E-state index in [0.29, 0.717) is 12.1 Å². The van der Waals surface area contributed by atoms with Gasteiger partial charge in [-0.15, -0.1) is 0 Å². The van der Waals surface area contributed by atoms with Gasteiger partial charge >= 0.3 is 6.18 Å². The Bertz CT molecular complexity index is 526. The van der Waals surface area contributed by atoms with E-state index in [4.69, 9.17) is 0 Å². The van der Waals surface area contributed by atoms with Crippen LogP contribution in [0.15, 0.2) is 41.4 Å². The van der Waals surface area contributed by atoms with Gasteiger partial charge in [-0.3, -0.25) is 4.98 Å². The van der Waals surface area contributed by atoms with E-state index in [9.17, 15) is 13.2 Å². The van der Waals surface area contributed by atoms with Crippen molar-refractivity contribution in [3.05, 3.63) is 52.5 Å². The van der Waals surface area contributed by atoms with Crippen molar-refractivity contribution in [3.63, 3.8) is 0 Å². The molecule has 2 heterocycles. The van der Waals surface area contributed by atoms with Crippen molar-refractivity contribution in [2.45, 2.75) is 31.5 Å². The Kier molecular flexibility index (Phi) is 5.36. The summed E-state index contributed by atoms with van der Waals surface area (Å²) >= 11 is 1.55. The number of hydrogen-bond donors (Lipinski definition) is 1. The van der Waals surface area contributed by atoms with Crippen LogP contribution in [0, 0.1) is 0 Å². The maximum atomic E-state index is 13.1. The summed E-state index contributed by atoms with van der Waals surface area (Å²) in [6.45, 7) is 2.22. The Morgan fingerprint density at radius 3 is 2.52 bits per heavy atom. The second-order valence-corrected chi connectivity index (χ2v) is 5.80. The quantitative estimate of drug-likeness (QED) is 0.871. The lowest BCUT2D eigenvalue weighted by Gasteiger charge is -2.23. The summed E-state index contributed by atoms with van der Waals surface area (Å²) in [5.41, 5.74) is 1.69. The number of rotatable bonds is 6. The van der Waals surface area contributed by atoms with E-state index in [1.165, 1.54) is 12.4 Å². The molecule has 0 saturated carbocycles. The van der Waals surface area contributed by atoms with Crippen molar-refractivity contribution >= 4 is 11.3 Å².